The number of carbonyl (C=O) groups excluding carboxylic acids is 2. The summed E-state index contributed by atoms with van der Waals surface area (Å²) >= 11 is 0. The summed E-state index contributed by atoms with van der Waals surface area (Å²) in [5.74, 6) is -3.09. The van der Waals surface area contributed by atoms with Crippen molar-refractivity contribution in [1.29, 1.82) is 0 Å². The summed E-state index contributed by atoms with van der Waals surface area (Å²) in [4.78, 5) is 33.2. The molecule has 0 bridgehead atoms. The largest absolute Gasteiger partial charge is 0.478 e. The molecule has 1 aromatic carbocycles. The van der Waals surface area contributed by atoms with E-state index in [-0.39, 0.29) is 11.1 Å². The molecule has 0 aliphatic carbocycles. The summed E-state index contributed by atoms with van der Waals surface area (Å²) in [5, 5.41) is 17.3. The zero-order valence-corrected chi connectivity index (χ0v) is 8.76. The van der Waals surface area contributed by atoms with Crippen LogP contribution in [0.2, 0.25) is 0 Å². The fourth-order valence-electron chi connectivity index (χ4n) is 1.22. The quantitative estimate of drug-likeness (QED) is 0.397. The van der Waals surface area contributed by atoms with Crippen LogP contribution in [0.3, 0.4) is 0 Å². The van der Waals surface area contributed by atoms with Crippen LogP contribution in [0.5, 0.6) is 0 Å². The second-order valence-electron chi connectivity index (χ2n) is 3.00. The van der Waals surface area contributed by atoms with Gasteiger partial charge in [0.2, 0.25) is 0 Å². The summed E-state index contributed by atoms with van der Waals surface area (Å²) in [6, 6.07) is 3.34. The van der Waals surface area contributed by atoms with E-state index in [1.165, 1.54) is 11.5 Å². The molecule has 0 aliphatic heterocycles. The predicted molar refractivity (Wildman–Crippen MR) is 54.0 cm³/mol. The van der Waals surface area contributed by atoms with E-state index in [4.69, 9.17) is 10.3 Å². The maximum Gasteiger partial charge on any atom is 0.337 e. The molecule has 0 aromatic heterocycles. The van der Waals surface area contributed by atoms with Crippen LogP contribution in [0.4, 0.5) is 0 Å². The zero-order chi connectivity index (χ0) is 13.0. The van der Waals surface area contributed by atoms with Crippen molar-refractivity contribution in [3.8, 4) is 0 Å². The Hall–Kier alpha value is -2.41. The first kappa shape index (κ1) is 12.7. The highest BCUT2D eigenvalue weighted by Gasteiger charge is 2.18. The van der Waals surface area contributed by atoms with Crippen LogP contribution in [0, 0.1) is 0 Å². The Balaban J connectivity index is 3.32. The van der Waals surface area contributed by atoms with Gasteiger partial charge in [0.1, 0.15) is 0 Å². The molecule has 0 spiro atoms. The van der Waals surface area contributed by atoms with Gasteiger partial charge in [-0.2, -0.15) is 0 Å². The molecule has 1 aromatic rings. The van der Waals surface area contributed by atoms with Crippen LogP contribution in [-0.2, 0) is 4.74 Å². The van der Waals surface area contributed by atoms with Crippen LogP contribution in [0.15, 0.2) is 18.2 Å². The van der Waals surface area contributed by atoms with E-state index in [1.54, 1.807) is 0 Å². The molecule has 3 N–H and O–H groups in total. The summed E-state index contributed by atoms with van der Waals surface area (Å²) in [6.45, 7) is 0. The van der Waals surface area contributed by atoms with Gasteiger partial charge in [0.05, 0.1) is 23.8 Å². The minimum Gasteiger partial charge on any atom is -0.478 e. The topological polar surface area (TPSA) is 113 Å². The molecule has 0 radical (unpaired) electrons. The molecule has 7 nitrogen and oxygen atoms in total. The summed E-state index contributed by atoms with van der Waals surface area (Å²) in [7, 11) is 1.15. The van der Waals surface area contributed by atoms with E-state index in [9.17, 15) is 14.4 Å². The van der Waals surface area contributed by atoms with Crippen LogP contribution in [0.25, 0.3) is 0 Å². The number of aromatic carboxylic acids is 1. The van der Waals surface area contributed by atoms with Crippen molar-refractivity contribution >= 4 is 17.8 Å². The average Bonchev–Trinajstić information content (AvgIpc) is 2.35. The number of nitrogens with one attached hydrogen (secondary N) is 1. The second-order valence-corrected chi connectivity index (χ2v) is 3.00. The van der Waals surface area contributed by atoms with Gasteiger partial charge in [-0.3, -0.25) is 10.0 Å². The zero-order valence-electron chi connectivity index (χ0n) is 8.76. The molecule has 0 aliphatic rings. The third-order valence-electron chi connectivity index (χ3n) is 2.02. The number of hydrogen-bond acceptors (Lipinski definition) is 5. The second kappa shape index (κ2) is 5.08. The minimum atomic E-state index is -1.39. The molecule has 1 rings (SSSR count). The normalized spacial score (nSPS) is 9.53. The van der Waals surface area contributed by atoms with Crippen molar-refractivity contribution in [1.82, 2.24) is 5.48 Å². The number of amides is 1. The van der Waals surface area contributed by atoms with E-state index in [2.05, 4.69) is 4.74 Å². The van der Waals surface area contributed by atoms with Gasteiger partial charge in [-0.05, 0) is 18.2 Å². The van der Waals surface area contributed by atoms with E-state index in [0.29, 0.717) is 0 Å². The maximum atomic E-state index is 11.2. The predicted octanol–water partition coefficient (Wildman–Crippen LogP) is 0.290. The highest BCUT2D eigenvalue weighted by Crippen LogP contribution is 2.13. The molecule has 0 fully saturated rings. The van der Waals surface area contributed by atoms with Gasteiger partial charge in [0, 0.05) is 0 Å². The van der Waals surface area contributed by atoms with Gasteiger partial charge in [-0.25, -0.2) is 15.1 Å². The smallest absolute Gasteiger partial charge is 0.337 e. The van der Waals surface area contributed by atoms with Crippen molar-refractivity contribution in [2.45, 2.75) is 0 Å². The number of benzene rings is 1. The van der Waals surface area contributed by atoms with E-state index in [1.807, 2.05) is 0 Å². The van der Waals surface area contributed by atoms with Crippen molar-refractivity contribution < 1.29 is 29.4 Å². The Kier molecular flexibility index (Phi) is 3.78. The molecule has 90 valence electrons. The highest BCUT2D eigenvalue weighted by atomic mass is 16.5. The van der Waals surface area contributed by atoms with Crippen molar-refractivity contribution in [2.24, 2.45) is 0 Å². The van der Waals surface area contributed by atoms with Crippen molar-refractivity contribution in [3.63, 3.8) is 0 Å². The highest BCUT2D eigenvalue weighted by molar-refractivity contribution is 6.06. The SMILES string of the molecule is COC(=O)c1ccc(C(=O)NO)c(C(=O)O)c1. The van der Waals surface area contributed by atoms with Gasteiger partial charge in [0.15, 0.2) is 0 Å². The minimum absolute atomic E-state index is 0.000565. The van der Waals surface area contributed by atoms with Gasteiger partial charge in [-0.1, -0.05) is 0 Å². The first-order chi connectivity index (χ1) is 8.01. The average molecular weight is 239 g/mol. The third-order valence-corrected chi connectivity index (χ3v) is 2.02. The summed E-state index contributed by atoms with van der Waals surface area (Å²) in [6.07, 6.45) is 0. The van der Waals surface area contributed by atoms with Crippen LogP contribution in [0.1, 0.15) is 31.1 Å². The van der Waals surface area contributed by atoms with Crippen molar-refractivity contribution in [3.05, 3.63) is 34.9 Å². The van der Waals surface area contributed by atoms with Crippen LogP contribution < -0.4 is 5.48 Å². The van der Waals surface area contributed by atoms with E-state index < -0.39 is 23.4 Å². The fourth-order valence-corrected chi connectivity index (χ4v) is 1.22. The lowest BCUT2D eigenvalue weighted by atomic mass is 10.0. The molecule has 0 saturated heterocycles. The molecule has 0 unspecified atom stereocenters. The van der Waals surface area contributed by atoms with Crippen LogP contribution >= 0.6 is 0 Å². The summed E-state index contributed by atoms with van der Waals surface area (Å²) < 4.78 is 4.42. The molecule has 0 atom stereocenters. The number of hydroxylamine groups is 1. The molecule has 0 saturated carbocycles. The lowest BCUT2D eigenvalue weighted by Crippen LogP contribution is -2.22. The molecule has 1 amide bonds. The number of carbonyl (C=O) groups is 3. The number of carboxylic acids is 1. The number of carboxylic acid groups (broad SMARTS) is 1. The van der Waals surface area contributed by atoms with Crippen molar-refractivity contribution in [2.75, 3.05) is 7.11 Å². The Morgan fingerprint density at radius 1 is 1.24 bits per heavy atom. The molecular formula is C10H9NO6. The number of methoxy groups -OCH3 is 1. The van der Waals surface area contributed by atoms with Gasteiger partial charge in [0.25, 0.3) is 5.91 Å². The maximum absolute atomic E-state index is 11.2. The third kappa shape index (κ3) is 2.58. The Bertz CT molecular complexity index is 482. The van der Waals surface area contributed by atoms with E-state index in [0.717, 1.165) is 19.2 Å². The van der Waals surface area contributed by atoms with Gasteiger partial charge in [-0.15, -0.1) is 0 Å². The lowest BCUT2D eigenvalue weighted by molar-refractivity contribution is 0.0599. The Labute approximate surface area is 95.6 Å². The number of ether oxygens (including phenoxy) is 1. The molecular weight excluding hydrogens is 230 g/mol. The number of hydrogen-bond donors (Lipinski definition) is 3. The molecule has 7 heteroatoms. The van der Waals surface area contributed by atoms with E-state index >= 15 is 0 Å². The Morgan fingerprint density at radius 3 is 2.35 bits per heavy atom. The molecule has 17 heavy (non-hydrogen) atoms. The first-order valence-corrected chi connectivity index (χ1v) is 4.41. The lowest BCUT2D eigenvalue weighted by Gasteiger charge is -2.06. The van der Waals surface area contributed by atoms with Gasteiger partial charge >= 0.3 is 11.9 Å². The summed E-state index contributed by atoms with van der Waals surface area (Å²) in [5.41, 5.74) is 0.660. The van der Waals surface area contributed by atoms with Crippen LogP contribution in [-0.4, -0.2) is 35.3 Å². The monoisotopic (exact) mass is 239 g/mol. The first-order valence-electron chi connectivity index (χ1n) is 4.41. The van der Waals surface area contributed by atoms with Gasteiger partial charge < -0.3 is 9.84 Å². The fraction of sp³-hybridized carbons (Fsp3) is 0.100. The Morgan fingerprint density at radius 2 is 1.88 bits per heavy atom. The number of rotatable bonds is 3. The molecule has 0 heterocycles. The standard InChI is InChI=1S/C10H9NO6/c1-17-10(15)5-2-3-6(8(12)11-16)7(4-5)9(13)14/h2-4,16H,1H3,(H,11,12)(H,13,14). The number of esters is 1.